The lowest BCUT2D eigenvalue weighted by Crippen LogP contribution is -2.24. The molecule has 0 unspecified atom stereocenters. The Kier molecular flexibility index (Phi) is 6.61. The van der Waals surface area contributed by atoms with Gasteiger partial charge in [0.15, 0.2) is 11.5 Å². The summed E-state index contributed by atoms with van der Waals surface area (Å²) >= 11 is 6.00. The van der Waals surface area contributed by atoms with Crippen molar-refractivity contribution < 1.29 is 14.6 Å². The molecule has 2 rings (SSSR count). The van der Waals surface area contributed by atoms with E-state index in [1.165, 1.54) is 39.2 Å². The van der Waals surface area contributed by atoms with Gasteiger partial charge in [0.1, 0.15) is 0 Å². The van der Waals surface area contributed by atoms with E-state index in [1.54, 1.807) is 12.1 Å². The Morgan fingerprint density at radius 1 is 1.29 bits per heavy atom. The highest BCUT2D eigenvalue weighted by molar-refractivity contribution is 6.30. The first-order chi connectivity index (χ1) is 10.2. The number of rotatable bonds is 7. The van der Waals surface area contributed by atoms with E-state index >= 15 is 0 Å². The van der Waals surface area contributed by atoms with Gasteiger partial charge >= 0.3 is 0 Å². The summed E-state index contributed by atoms with van der Waals surface area (Å²) in [6.07, 6.45) is 6.72. The van der Waals surface area contributed by atoms with Crippen molar-refractivity contribution in [1.29, 1.82) is 0 Å². The molecule has 0 heterocycles. The third-order valence-corrected chi connectivity index (χ3v) is 4.06. The van der Waals surface area contributed by atoms with Gasteiger partial charge in [-0.05, 0) is 18.9 Å². The van der Waals surface area contributed by atoms with Crippen LogP contribution >= 0.6 is 11.6 Å². The van der Waals surface area contributed by atoms with Crippen LogP contribution in [0.4, 0.5) is 0 Å². The van der Waals surface area contributed by atoms with E-state index < -0.39 is 0 Å². The average Bonchev–Trinajstić information content (AvgIpc) is 2.51. The summed E-state index contributed by atoms with van der Waals surface area (Å²) in [4.78, 5) is 0. The maximum Gasteiger partial charge on any atom is 0.162 e. The highest BCUT2D eigenvalue weighted by atomic mass is 35.5. The summed E-state index contributed by atoms with van der Waals surface area (Å²) in [5.41, 5.74) is 0.733. The van der Waals surface area contributed by atoms with Gasteiger partial charge in [-0.3, -0.25) is 0 Å². The number of phenols is 1. The molecule has 1 saturated carbocycles. The van der Waals surface area contributed by atoms with Crippen LogP contribution in [0, 0.1) is 0 Å². The van der Waals surface area contributed by atoms with Crippen LogP contribution in [-0.4, -0.2) is 31.5 Å². The zero-order valence-corrected chi connectivity index (χ0v) is 13.3. The fourth-order valence-corrected chi connectivity index (χ4v) is 2.90. The average molecular weight is 314 g/mol. The number of halogens is 1. The van der Waals surface area contributed by atoms with Gasteiger partial charge in [0.25, 0.3) is 0 Å². The van der Waals surface area contributed by atoms with E-state index in [2.05, 4.69) is 5.32 Å². The Morgan fingerprint density at radius 2 is 2.05 bits per heavy atom. The summed E-state index contributed by atoms with van der Waals surface area (Å²) in [6.45, 7) is 1.99. The summed E-state index contributed by atoms with van der Waals surface area (Å²) < 4.78 is 10.9. The molecule has 0 amide bonds. The second kappa shape index (κ2) is 8.47. The summed E-state index contributed by atoms with van der Waals surface area (Å²) in [7, 11) is 1.51. The van der Waals surface area contributed by atoms with Gasteiger partial charge in [-0.25, -0.2) is 0 Å². The lowest BCUT2D eigenvalue weighted by atomic mass is 9.98. The highest BCUT2D eigenvalue weighted by Gasteiger charge is 2.13. The van der Waals surface area contributed by atoms with Crippen molar-refractivity contribution in [2.24, 2.45) is 0 Å². The molecular weight excluding hydrogens is 290 g/mol. The molecule has 118 valence electrons. The first kappa shape index (κ1) is 16.4. The standard InChI is InChI=1S/C16H24ClNO3/c1-20-15-10-13(17)9-12(16(15)19)11-18-7-8-21-14-5-3-2-4-6-14/h9-10,14,18-19H,2-8,11H2,1H3. The molecule has 0 radical (unpaired) electrons. The summed E-state index contributed by atoms with van der Waals surface area (Å²) in [5.74, 6) is 0.542. The molecule has 4 nitrogen and oxygen atoms in total. The molecule has 21 heavy (non-hydrogen) atoms. The van der Waals surface area contributed by atoms with Crippen LogP contribution in [0.1, 0.15) is 37.7 Å². The highest BCUT2D eigenvalue weighted by Crippen LogP contribution is 2.33. The number of ether oxygens (including phenoxy) is 2. The Morgan fingerprint density at radius 3 is 2.76 bits per heavy atom. The molecule has 1 fully saturated rings. The Labute approximate surface area is 131 Å². The number of methoxy groups -OCH3 is 1. The second-order valence-electron chi connectivity index (χ2n) is 5.42. The largest absolute Gasteiger partial charge is 0.504 e. The molecule has 0 aromatic heterocycles. The minimum absolute atomic E-state index is 0.141. The molecule has 0 atom stereocenters. The van der Waals surface area contributed by atoms with Crippen molar-refractivity contribution >= 4 is 11.6 Å². The van der Waals surface area contributed by atoms with Crippen molar-refractivity contribution in [2.45, 2.75) is 44.8 Å². The molecule has 2 N–H and O–H groups in total. The predicted octanol–water partition coefficient (Wildman–Crippen LogP) is 3.49. The fourth-order valence-electron chi connectivity index (χ4n) is 2.67. The van der Waals surface area contributed by atoms with Gasteiger partial charge in [-0.1, -0.05) is 30.9 Å². The van der Waals surface area contributed by atoms with Gasteiger partial charge in [0.2, 0.25) is 0 Å². The van der Waals surface area contributed by atoms with Crippen LogP contribution in [0.5, 0.6) is 11.5 Å². The SMILES string of the molecule is COc1cc(Cl)cc(CNCCOC2CCCCC2)c1O. The molecule has 1 aliphatic rings. The molecular formula is C16H24ClNO3. The van der Waals surface area contributed by atoms with Gasteiger partial charge in [-0.15, -0.1) is 0 Å². The second-order valence-corrected chi connectivity index (χ2v) is 5.86. The number of hydrogen-bond donors (Lipinski definition) is 2. The Bertz CT molecular complexity index is 447. The zero-order chi connectivity index (χ0) is 15.1. The van der Waals surface area contributed by atoms with Crippen LogP contribution in [-0.2, 0) is 11.3 Å². The monoisotopic (exact) mass is 313 g/mol. The number of benzene rings is 1. The number of hydrogen-bond acceptors (Lipinski definition) is 4. The van der Waals surface area contributed by atoms with Crippen molar-refractivity contribution in [3.8, 4) is 11.5 Å². The summed E-state index contributed by atoms with van der Waals surface area (Å²) in [6, 6.07) is 3.35. The smallest absolute Gasteiger partial charge is 0.162 e. The van der Waals surface area contributed by atoms with Crippen molar-refractivity contribution in [3.05, 3.63) is 22.7 Å². The fraction of sp³-hybridized carbons (Fsp3) is 0.625. The van der Waals surface area contributed by atoms with E-state index in [9.17, 15) is 5.11 Å². The topological polar surface area (TPSA) is 50.7 Å². The number of aromatic hydroxyl groups is 1. The van der Waals surface area contributed by atoms with Gasteiger partial charge in [0, 0.05) is 29.7 Å². The molecule has 1 aromatic rings. The lowest BCUT2D eigenvalue weighted by Gasteiger charge is -2.22. The lowest BCUT2D eigenvalue weighted by molar-refractivity contribution is 0.0302. The minimum Gasteiger partial charge on any atom is -0.504 e. The molecule has 0 spiro atoms. The zero-order valence-electron chi connectivity index (χ0n) is 12.5. The Hall–Kier alpha value is -0.970. The van der Waals surface area contributed by atoms with E-state index in [4.69, 9.17) is 21.1 Å². The molecule has 1 aromatic carbocycles. The van der Waals surface area contributed by atoms with Gasteiger partial charge in [0.05, 0.1) is 19.8 Å². The van der Waals surface area contributed by atoms with E-state index in [1.807, 2.05) is 0 Å². The number of nitrogens with one attached hydrogen (secondary N) is 1. The van der Waals surface area contributed by atoms with E-state index in [0.29, 0.717) is 30.0 Å². The molecule has 0 aliphatic heterocycles. The van der Waals surface area contributed by atoms with Crippen molar-refractivity contribution in [3.63, 3.8) is 0 Å². The van der Waals surface area contributed by atoms with Crippen molar-refractivity contribution in [2.75, 3.05) is 20.3 Å². The quantitative estimate of drug-likeness (QED) is 0.757. The van der Waals surface area contributed by atoms with Crippen LogP contribution < -0.4 is 10.1 Å². The van der Waals surface area contributed by atoms with Crippen LogP contribution in [0.3, 0.4) is 0 Å². The first-order valence-corrected chi connectivity index (χ1v) is 7.96. The van der Waals surface area contributed by atoms with Crippen molar-refractivity contribution in [1.82, 2.24) is 5.32 Å². The molecule has 5 heteroatoms. The van der Waals surface area contributed by atoms with Gasteiger partial charge in [-0.2, -0.15) is 0 Å². The summed E-state index contributed by atoms with van der Waals surface area (Å²) in [5, 5.41) is 13.8. The van der Waals surface area contributed by atoms with Crippen LogP contribution in [0.2, 0.25) is 5.02 Å². The molecule has 0 bridgehead atoms. The number of phenolic OH excluding ortho intramolecular Hbond substituents is 1. The maximum atomic E-state index is 10.0. The molecule has 0 saturated heterocycles. The van der Waals surface area contributed by atoms with E-state index in [0.717, 1.165) is 12.1 Å². The van der Waals surface area contributed by atoms with Gasteiger partial charge < -0.3 is 19.9 Å². The third-order valence-electron chi connectivity index (χ3n) is 3.84. The third kappa shape index (κ3) is 5.06. The predicted molar refractivity (Wildman–Crippen MR) is 84.2 cm³/mol. The first-order valence-electron chi connectivity index (χ1n) is 7.58. The van der Waals surface area contributed by atoms with Crippen LogP contribution in [0.25, 0.3) is 0 Å². The van der Waals surface area contributed by atoms with E-state index in [-0.39, 0.29) is 5.75 Å². The maximum absolute atomic E-state index is 10.0. The molecule has 1 aliphatic carbocycles. The normalized spacial score (nSPS) is 16.1. The minimum atomic E-state index is 0.141. The Balaban J connectivity index is 1.72. The van der Waals surface area contributed by atoms with Crippen LogP contribution in [0.15, 0.2) is 12.1 Å².